The van der Waals surface area contributed by atoms with Gasteiger partial charge in [-0.3, -0.25) is 0 Å². The molecule has 1 aromatic carbocycles. The van der Waals surface area contributed by atoms with Crippen LogP contribution in [0.5, 0.6) is 0 Å². The maximum absolute atomic E-state index is 13.4. The highest BCUT2D eigenvalue weighted by atomic mass is 19.1. The molecular formula is C13H11F2N3O. The van der Waals surface area contributed by atoms with E-state index in [1.54, 1.807) is 6.92 Å². The lowest BCUT2D eigenvalue weighted by Gasteiger charge is -1.99. The summed E-state index contributed by atoms with van der Waals surface area (Å²) < 4.78 is 31.2. The molecule has 0 aliphatic rings. The monoisotopic (exact) mass is 263 g/mol. The number of hydrogen-bond acceptors (Lipinski definition) is 4. The number of hydrogen-bond donors (Lipinski definition) is 0. The first-order valence-electron chi connectivity index (χ1n) is 5.73. The Bertz CT molecular complexity index is 619. The topological polar surface area (TPSA) is 62.7 Å². The highest BCUT2D eigenvalue weighted by Crippen LogP contribution is 2.14. The molecule has 2 rings (SSSR count). The number of rotatable bonds is 4. The molecule has 1 aromatic heterocycles. The maximum atomic E-state index is 13.4. The van der Waals surface area contributed by atoms with E-state index < -0.39 is 11.6 Å². The Morgan fingerprint density at radius 2 is 2.21 bits per heavy atom. The van der Waals surface area contributed by atoms with Crippen LogP contribution in [0.4, 0.5) is 8.78 Å². The molecule has 98 valence electrons. The van der Waals surface area contributed by atoms with Gasteiger partial charge in [0.1, 0.15) is 11.6 Å². The van der Waals surface area contributed by atoms with Crippen LogP contribution >= 0.6 is 0 Å². The number of halogens is 2. The molecule has 0 aliphatic carbocycles. The molecule has 1 unspecified atom stereocenters. The van der Waals surface area contributed by atoms with E-state index in [0.717, 1.165) is 6.07 Å². The van der Waals surface area contributed by atoms with Crippen molar-refractivity contribution in [2.45, 2.75) is 19.8 Å². The van der Waals surface area contributed by atoms with Crippen LogP contribution in [0.3, 0.4) is 0 Å². The molecule has 6 heteroatoms. The van der Waals surface area contributed by atoms with Crippen molar-refractivity contribution in [2.75, 3.05) is 0 Å². The van der Waals surface area contributed by atoms with Crippen molar-refractivity contribution >= 4 is 0 Å². The Morgan fingerprint density at radius 3 is 2.89 bits per heavy atom. The van der Waals surface area contributed by atoms with Gasteiger partial charge in [-0.2, -0.15) is 10.2 Å². The van der Waals surface area contributed by atoms with Crippen molar-refractivity contribution < 1.29 is 13.3 Å². The average molecular weight is 263 g/mol. The summed E-state index contributed by atoms with van der Waals surface area (Å²) in [6, 6.07) is 5.40. The van der Waals surface area contributed by atoms with Gasteiger partial charge in [0, 0.05) is 18.9 Å². The third kappa shape index (κ3) is 3.35. The molecule has 0 amide bonds. The van der Waals surface area contributed by atoms with Crippen molar-refractivity contribution in [3.63, 3.8) is 0 Å². The molecule has 0 bridgehead atoms. The average Bonchev–Trinajstić information content (AvgIpc) is 2.80. The van der Waals surface area contributed by atoms with Crippen LogP contribution in [-0.4, -0.2) is 10.1 Å². The number of benzene rings is 1. The molecular weight excluding hydrogens is 252 g/mol. The second-order valence-electron chi connectivity index (χ2n) is 4.25. The summed E-state index contributed by atoms with van der Waals surface area (Å²) in [5, 5.41) is 12.4. The van der Waals surface area contributed by atoms with E-state index in [4.69, 9.17) is 9.78 Å². The summed E-state index contributed by atoms with van der Waals surface area (Å²) in [5.41, 5.74) is 0.294. The minimum absolute atomic E-state index is 0.122. The molecule has 1 heterocycles. The molecule has 2 aromatic rings. The van der Waals surface area contributed by atoms with Crippen LogP contribution in [0.1, 0.15) is 24.2 Å². The van der Waals surface area contributed by atoms with Gasteiger partial charge in [0.25, 0.3) is 0 Å². The zero-order chi connectivity index (χ0) is 13.8. The van der Waals surface area contributed by atoms with Crippen molar-refractivity contribution in [3.05, 3.63) is 47.1 Å². The summed E-state index contributed by atoms with van der Waals surface area (Å²) in [6.45, 7) is 1.74. The summed E-state index contributed by atoms with van der Waals surface area (Å²) in [7, 11) is 0. The van der Waals surface area contributed by atoms with Gasteiger partial charge in [-0.1, -0.05) is 11.2 Å². The summed E-state index contributed by atoms with van der Waals surface area (Å²) in [6.07, 6.45) is 0.478. The number of nitrogens with zero attached hydrogens (tertiary/aromatic N) is 3. The predicted molar refractivity (Wildman–Crippen MR) is 61.9 cm³/mol. The fourth-order valence-corrected chi connectivity index (χ4v) is 1.59. The first-order valence-corrected chi connectivity index (χ1v) is 5.73. The van der Waals surface area contributed by atoms with E-state index in [-0.39, 0.29) is 12.3 Å². The summed E-state index contributed by atoms with van der Waals surface area (Å²) in [4.78, 5) is 4.07. The molecule has 0 aliphatic heterocycles. The molecule has 0 spiro atoms. The van der Waals surface area contributed by atoms with Gasteiger partial charge in [-0.05, 0) is 18.6 Å². The Kier molecular flexibility index (Phi) is 3.85. The molecule has 19 heavy (non-hydrogen) atoms. The van der Waals surface area contributed by atoms with Crippen LogP contribution in [0.15, 0.2) is 22.7 Å². The van der Waals surface area contributed by atoms with E-state index in [0.29, 0.717) is 23.7 Å². The second kappa shape index (κ2) is 5.57. The number of nitriles is 1. The molecule has 0 saturated carbocycles. The Labute approximate surface area is 108 Å². The van der Waals surface area contributed by atoms with E-state index in [1.807, 2.05) is 0 Å². The van der Waals surface area contributed by atoms with Crippen LogP contribution < -0.4 is 0 Å². The highest BCUT2D eigenvalue weighted by molar-refractivity contribution is 5.21. The quantitative estimate of drug-likeness (QED) is 0.850. The van der Waals surface area contributed by atoms with E-state index in [2.05, 4.69) is 16.2 Å². The third-order valence-electron chi connectivity index (χ3n) is 2.58. The fraction of sp³-hybridized carbons (Fsp3) is 0.308. The van der Waals surface area contributed by atoms with Crippen molar-refractivity contribution in [3.8, 4) is 6.07 Å². The third-order valence-corrected chi connectivity index (χ3v) is 2.58. The second-order valence-corrected chi connectivity index (χ2v) is 4.25. The first kappa shape index (κ1) is 13.1. The fourth-order valence-electron chi connectivity index (χ4n) is 1.59. The lowest BCUT2D eigenvalue weighted by Crippen LogP contribution is -1.98. The zero-order valence-electron chi connectivity index (χ0n) is 10.2. The highest BCUT2D eigenvalue weighted by Gasteiger charge is 2.12. The lowest BCUT2D eigenvalue weighted by atomic mass is 10.1. The lowest BCUT2D eigenvalue weighted by molar-refractivity contribution is 0.365. The van der Waals surface area contributed by atoms with E-state index >= 15 is 0 Å². The van der Waals surface area contributed by atoms with Gasteiger partial charge in [0.15, 0.2) is 5.82 Å². The molecule has 0 saturated heterocycles. The Hall–Kier alpha value is -2.29. The standard InChI is InChI=1S/C13H11F2N3O/c1-8(7-16)4-13-17-12(18-19-13)5-9-2-3-10(14)6-11(9)15/h2-3,6,8H,4-5H2,1H3. The van der Waals surface area contributed by atoms with Crippen molar-refractivity contribution in [1.82, 2.24) is 10.1 Å². The smallest absolute Gasteiger partial charge is 0.227 e. The largest absolute Gasteiger partial charge is 0.339 e. The van der Waals surface area contributed by atoms with Crippen molar-refractivity contribution in [1.29, 1.82) is 5.26 Å². The Morgan fingerprint density at radius 1 is 1.42 bits per heavy atom. The Balaban J connectivity index is 2.10. The van der Waals surface area contributed by atoms with Gasteiger partial charge in [-0.15, -0.1) is 0 Å². The maximum Gasteiger partial charge on any atom is 0.227 e. The molecule has 1 atom stereocenters. The first-order chi connectivity index (χ1) is 9.08. The van der Waals surface area contributed by atoms with Crippen LogP contribution in [0.25, 0.3) is 0 Å². The van der Waals surface area contributed by atoms with Crippen molar-refractivity contribution in [2.24, 2.45) is 5.92 Å². The van der Waals surface area contributed by atoms with Gasteiger partial charge < -0.3 is 4.52 Å². The number of aromatic nitrogens is 2. The van der Waals surface area contributed by atoms with Crippen LogP contribution in [-0.2, 0) is 12.8 Å². The van der Waals surface area contributed by atoms with Gasteiger partial charge >= 0.3 is 0 Å². The molecule has 0 N–H and O–H groups in total. The van der Waals surface area contributed by atoms with Gasteiger partial charge in [-0.25, -0.2) is 8.78 Å². The normalized spacial score (nSPS) is 12.1. The zero-order valence-corrected chi connectivity index (χ0v) is 10.2. The summed E-state index contributed by atoms with van der Waals surface area (Å²) in [5.74, 6) is -0.845. The van der Waals surface area contributed by atoms with E-state index in [1.165, 1.54) is 12.1 Å². The predicted octanol–water partition coefficient (Wildman–Crippen LogP) is 2.64. The minimum atomic E-state index is -0.642. The minimum Gasteiger partial charge on any atom is -0.339 e. The summed E-state index contributed by atoms with van der Waals surface area (Å²) >= 11 is 0. The van der Waals surface area contributed by atoms with Crippen LogP contribution in [0, 0.1) is 28.9 Å². The van der Waals surface area contributed by atoms with Crippen LogP contribution in [0.2, 0.25) is 0 Å². The molecule has 4 nitrogen and oxygen atoms in total. The van der Waals surface area contributed by atoms with Gasteiger partial charge in [0.05, 0.1) is 12.0 Å². The molecule has 0 fully saturated rings. The molecule has 0 radical (unpaired) electrons. The van der Waals surface area contributed by atoms with E-state index in [9.17, 15) is 8.78 Å². The SMILES string of the molecule is CC(C#N)Cc1nc(Cc2ccc(F)cc2F)no1. The van der Waals surface area contributed by atoms with Gasteiger partial charge in [0.2, 0.25) is 5.89 Å².